The van der Waals surface area contributed by atoms with Gasteiger partial charge in [0, 0.05) is 12.2 Å². The third kappa shape index (κ3) is 2.82. The summed E-state index contributed by atoms with van der Waals surface area (Å²) >= 11 is 0. The predicted molar refractivity (Wildman–Crippen MR) is 66.4 cm³/mol. The maximum absolute atomic E-state index is 12.1. The first-order valence-corrected chi connectivity index (χ1v) is 6.13. The van der Waals surface area contributed by atoms with E-state index < -0.39 is 0 Å². The van der Waals surface area contributed by atoms with Gasteiger partial charge >= 0.3 is 0 Å². The molecule has 92 valence electrons. The Morgan fingerprint density at radius 1 is 1.59 bits per heavy atom. The molecule has 2 unspecified atom stereocenters. The van der Waals surface area contributed by atoms with Crippen LogP contribution in [0.2, 0.25) is 0 Å². The number of carbonyl (C=O) groups excluding carboxylic acids is 1. The van der Waals surface area contributed by atoms with Gasteiger partial charge < -0.3 is 10.6 Å². The van der Waals surface area contributed by atoms with Crippen LogP contribution in [0.3, 0.4) is 0 Å². The average molecular weight is 233 g/mol. The largest absolute Gasteiger partial charge is 0.348 e. The molecule has 0 aromatic carbocycles. The second kappa shape index (κ2) is 5.27. The van der Waals surface area contributed by atoms with E-state index in [-0.39, 0.29) is 23.9 Å². The number of nitrogens with one attached hydrogen (secondary N) is 2. The summed E-state index contributed by atoms with van der Waals surface area (Å²) in [5, 5.41) is 6.31. The number of pyridine rings is 1. The van der Waals surface area contributed by atoms with E-state index >= 15 is 0 Å². The quantitative estimate of drug-likeness (QED) is 0.826. The molecule has 2 rings (SSSR count). The number of carbonyl (C=O) groups is 1. The van der Waals surface area contributed by atoms with Crippen LogP contribution in [0, 0.1) is 5.92 Å². The summed E-state index contributed by atoms with van der Waals surface area (Å²) in [4.78, 5) is 16.3. The maximum Gasteiger partial charge on any atom is 0.225 e. The molecule has 0 aliphatic carbocycles. The zero-order valence-corrected chi connectivity index (χ0v) is 10.3. The van der Waals surface area contributed by atoms with Crippen molar-refractivity contribution < 1.29 is 4.79 Å². The van der Waals surface area contributed by atoms with Crippen molar-refractivity contribution in [3.8, 4) is 0 Å². The Hall–Kier alpha value is -1.42. The van der Waals surface area contributed by atoms with Gasteiger partial charge in [0.2, 0.25) is 5.91 Å². The van der Waals surface area contributed by atoms with Gasteiger partial charge in [-0.3, -0.25) is 9.78 Å². The van der Waals surface area contributed by atoms with Gasteiger partial charge in [-0.05, 0) is 38.9 Å². The van der Waals surface area contributed by atoms with Crippen molar-refractivity contribution in [3.05, 3.63) is 30.1 Å². The van der Waals surface area contributed by atoms with E-state index in [1.54, 1.807) is 6.20 Å². The van der Waals surface area contributed by atoms with E-state index in [9.17, 15) is 4.79 Å². The van der Waals surface area contributed by atoms with Crippen LogP contribution in [-0.4, -0.2) is 23.5 Å². The molecule has 1 amide bonds. The first kappa shape index (κ1) is 12.0. The highest BCUT2D eigenvalue weighted by Crippen LogP contribution is 2.17. The molecule has 0 radical (unpaired) electrons. The molecule has 1 aromatic heterocycles. The van der Waals surface area contributed by atoms with Crippen LogP contribution in [0.5, 0.6) is 0 Å². The Morgan fingerprint density at radius 2 is 2.41 bits per heavy atom. The van der Waals surface area contributed by atoms with Crippen LogP contribution in [0.15, 0.2) is 24.4 Å². The van der Waals surface area contributed by atoms with Crippen LogP contribution < -0.4 is 10.6 Å². The lowest BCUT2D eigenvalue weighted by molar-refractivity contribution is -0.125. The van der Waals surface area contributed by atoms with E-state index in [1.807, 2.05) is 25.1 Å². The van der Waals surface area contributed by atoms with E-state index in [0.29, 0.717) is 0 Å². The lowest BCUT2D eigenvalue weighted by atomic mass is 10.0. The minimum absolute atomic E-state index is 0.0310. The zero-order valence-electron chi connectivity index (χ0n) is 10.3. The van der Waals surface area contributed by atoms with E-state index in [0.717, 1.165) is 18.7 Å². The van der Waals surface area contributed by atoms with Gasteiger partial charge in [0.25, 0.3) is 0 Å². The standard InChI is InChI=1S/C13H19N3O/c1-9-11(6-8-14-9)13(17)16-10(2)12-5-3-4-7-15-12/h3-5,7,9-11,14H,6,8H2,1-2H3,(H,16,17)/t9?,10-,11?/m1/s1. The highest BCUT2D eigenvalue weighted by molar-refractivity contribution is 5.80. The molecule has 1 aliphatic heterocycles. The number of nitrogens with zero attached hydrogens (tertiary/aromatic N) is 1. The van der Waals surface area contributed by atoms with E-state index in [4.69, 9.17) is 0 Å². The number of rotatable bonds is 3. The van der Waals surface area contributed by atoms with Crippen molar-refractivity contribution in [3.63, 3.8) is 0 Å². The molecule has 3 atom stereocenters. The molecule has 1 aliphatic rings. The van der Waals surface area contributed by atoms with Crippen molar-refractivity contribution in [1.82, 2.24) is 15.6 Å². The minimum Gasteiger partial charge on any atom is -0.348 e. The molecule has 0 saturated carbocycles. The summed E-state index contributed by atoms with van der Waals surface area (Å²) in [7, 11) is 0. The van der Waals surface area contributed by atoms with Gasteiger partial charge in [-0.1, -0.05) is 6.07 Å². The summed E-state index contributed by atoms with van der Waals surface area (Å²) in [6.07, 6.45) is 2.67. The Labute approximate surface area is 102 Å². The van der Waals surface area contributed by atoms with Crippen LogP contribution >= 0.6 is 0 Å². The smallest absolute Gasteiger partial charge is 0.225 e. The van der Waals surface area contributed by atoms with Crippen molar-refractivity contribution in [1.29, 1.82) is 0 Å². The molecule has 0 spiro atoms. The van der Waals surface area contributed by atoms with Crippen LogP contribution in [0.4, 0.5) is 0 Å². The Morgan fingerprint density at radius 3 is 3.00 bits per heavy atom. The van der Waals surface area contributed by atoms with Crippen LogP contribution in [0.1, 0.15) is 32.0 Å². The lowest BCUT2D eigenvalue weighted by Gasteiger charge is -2.19. The SMILES string of the molecule is CC1NCCC1C(=O)N[C@H](C)c1ccccn1. The van der Waals surface area contributed by atoms with Gasteiger partial charge in [-0.15, -0.1) is 0 Å². The molecule has 1 fully saturated rings. The van der Waals surface area contributed by atoms with Crippen molar-refractivity contribution in [2.75, 3.05) is 6.54 Å². The molecule has 2 heterocycles. The molecular weight excluding hydrogens is 214 g/mol. The van der Waals surface area contributed by atoms with Crippen molar-refractivity contribution in [2.24, 2.45) is 5.92 Å². The summed E-state index contributed by atoms with van der Waals surface area (Å²) in [5.41, 5.74) is 0.902. The summed E-state index contributed by atoms with van der Waals surface area (Å²) in [5.74, 6) is 0.210. The Balaban J connectivity index is 1.95. The first-order chi connectivity index (χ1) is 8.18. The van der Waals surface area contributed by atoms with Crippen molar-refractivity contribution >= 4 is 5.91 Å². The molecule has 1 saturated heterocycles. The highest BCUT2D eigenvalue weighted by atomic mass is 16.2. The molecule has 17 heavy (non-hydrogen) atoms. The average Bonchev–Trinajstić information content (AvgIpc) is 2.76. The summed E-state index contributed by atoms with van der Waals surface area (Å²) < 4.78 is 0. The molecule has 4 heteroatoms. The fraction of sp³-hybridized carbons (Fsp3) is 0.538. The normalized spacial score (nSPS) is 25.5. The third-order valence-electron chi connectivity index (χ3n) is 3.35. The topological polar surface area (TPSA) is 54.0 Å². The number of hydrogen-bond donors (Lipinski definition) is 2. The molecule has 0 bridgehead atoms. The van der Waals surface area contributed by atoms with Gasteiger partial charge in [-0.25, -0.2) is 0 Å². The summed E-state index contributed by atoms with van der Waals surface area (Å²) in [6.45, 7) is 4.95. The maximum atomic E-state index is 12.1. The number of hydrogen-bond acceptors (Lipinski definition) is 3. The molecule has 2 N–H and O–H groups in total. The Kier molecular flexibility index (Phi) is 3.74. The third-order valence-corrected chi connectivity index (χ3v) is 3.35. The lowest BCUT2D eigenvalue weighted by Crippen LogP contribution is -2.38. The van der Waals surface area contributed by atoms with Gasteiger partial charge in [0.1, 0.15) is 0 Å². The van der Waals surface area contributed by atoms with Gasteiger partial charge in [-0.2, -0.15) is 0 Å². The van der Waals surface area contributed by atoms with Crippen LogP contribution in [0.25, 0.3) is 0 Å². The highest BCUT2D eigenvalue weighted by Gasteiger charge is 2.30. The monoisotopic (exact) mass is 233 g/mol. The Bertz CT molecular complexity index is 380. The predicted octanol–water partition coefficient (Wildman–Crippen LogP) is 1.26. The fourth-order valence-corrected chi connectivity index (χ4v) is 2.24. The zero-order chi connectivity index (χ0) is 12.3. The van der Waals surface area contributed by atoms with Crippen LogP contribution in [-0.2, 0) is 4.79 Å². The summed E-state index contributed by atoms with van der Waals surface area (Å²) in [6, 6.07) is 5.98. The van der Waals surface area contributed by atoms with Crippen molar-refractivity contribution in [2.45, 2.75) is 32.4 Å². The first-order valence-electron chi connectivity index (χ1n) is 6.13. The second-order valence-corrected chi connectivity index (χ2v) is 4.62. The van der Waals surface area contributed by atoms with Gasteiger partial charge in [0.05, 0.1) is 17.7 Å². The minimum atomic E-state index is -0.0310. The number of amides is 1. The van der Waals surface area contributed by atoms with E-state index in [2.05, 4.69) is 22.5 Å². The van der Waals surface area contributed by atoms with E-state index in [1.165, 1.54) is 0 Å². The molecule has 4 nitrogen and oxygen atoms in total. The molecular formula is C13H19N3O. The second-order valence-electron chi connectivity index (χ2n) is 4.62. The fourth-order valence-electron chi connectivity index (χ4n) is 2.24. The van der Waals surface area contributed by atoms with Gasteiger partial charge in [0.15, 0.2) is 0 Å². The molecule has 1 aromatic rings. The number of aromatic nitrogens is 1.